The molecule has 12 heavy (non-hydrogen) atoms. The summed E-state index contributed by atoms with van der Waals surface area (Å²) >= 11 is 4.72. The van der Waals surface area contributed by atoms with Gasteiger partial charge in [-0.25, -0.2) is 0 Å². The van der Waals surface area contributed by atoms with E-state index >= 15 is 0 Å². The van der Waals surface area contributed by atoms with Gasteiger partial charge in [0, 0.05) is 0 Å². The summed E-state index contributed by atoms with van der Waals surface area (Å²) < 4.78 is 30.1. The molecule has 0 atom stereocenters. The third-order valence-corrected chi connectivity index (χ3v) is 2.76. The highest BCUT2D eigenvalue weighted by molar-refractivity contribution is 7.87. The molecule has 0 fully saturated rings. The number of benzene rings is 1. The first-order valence-electron chi connectivity index (χ1n) is 3.16. The summed E-state index contributed by atoms with van der Waals surface area (Å²) in [7, 11) is -4.16. The van der Waals surface area contributed by atoms with Crippen molar-refractivity contribution < 1.29 is 13.0 Å². The molecule has 1 rings (SSSR count). The monoisotopic (exact) mass is 203 g/mol. The zero-order valence-electron chi connectivity index (χ0n) is 6.31. The third kappa shape index (κ3) is 1.94. The van der Waals surface area contributed by atoms with E-state index < -0.39 is 10.1 Å². The van der Waals surface area contributed by atoms with Crippen LogP contribution in [0.1, 0.15) is 5.56 Å². The van der Waals surface area contributed by atoms with Gasteiger partial charge in [-0.1, -0.05) is 18.7 Å². The van der Waals surface area contributed by atoms with Gasteiger partial charge in [-0.05, 0) is 24.6 Å². The molecule has 1 N–H and O–H groups in total. The molecule has 0 amide bonds. The maximum absolute atomic E-state index is 10.7. The number of rotatable bonds is 1. The molecule has 0 spiro atoms. The van der Waals surface area contributed by atoms with E-state index in [1.165, 1.54) is 12.1 Å². The Morgan fingerprint density at radius 3 is 2.42 bits per heavy atom. The molecule has 1 aromatic carbocycles. The van der Waals surface area contributed by atoms with Gasteiger partial charge in [-0.15, -0.1) is 0 Å². The first-order chi connectivity index (χ1) is 5.41. The van der Waals surface area contributed by atoms with Crippen LogP contribution >= 0.6 is 12.6 Å². The molecule has 3 nitrogen and oxygen atoms in total. The van der Waals surface area contributed by atoms with E-state index in [1.54, 1.807) is 13.0 Å². The quantitative estimate of drug-likeness (QED) is 0.708. The van der Waals surface area contributed by atoms with Crippen molar-refractivity contribution in [3.8, 4) is 0 Å². The molecular weight excluding hydrogens is 196 g/mol. The smallest absolute Gasteiger partial charge is 0.282 e. The maximum Gasteiger partial charge on any atom is 0.295 e. The zero-order chi connectivity index (χ0) is 9.35. The zero-order valence-corrected chi connectivity index (χ0v) is 7.95. The summed E-state index contributed by atoms with van der Waals surface area (Å²) in [5, 5.41) is 0. The van der Waals surface area contributed by atoms with Crippen molar-refractivity contribution in [1.29, 1.82) is 0 Å². The van der Waals surface area contributed by atoms with Gasteiger partial charge in [0.25, 0.3) is 10.1 Å². The van der Waals surface area contributed by atoms with Gasteiger partial charge < -0.3 is 0 Å². The first kappa shape index (κ1) is 9.44. The van der Waals surface area contributed by atoms with Gasteiger partial charge in [0.05, 0.1) is 4.90 Å². The number of hydrogen-bond acceptors (Lipinski definition) is 2. The minimum atomic E-state index is -4.16. The Morgan fingerprint density at radius 2 is 2.00 bits per heavy atom. The standard InChI is InChI=1S/C7H7O3S2/c1-5-2-3-6(11)7(4-5)12(8,9)10/h2-4H,1H3,(H,8,9,10). The molecule has 1 aromatic rings. The highest BCUT2D eigenvalue weighted by Crippen LogP contribution is 2.20. The van der Waals surface area contributed by atoms with E-state index in [9.17, 15) is 8.42 Å². The van der Waals surface area contributed by atoms with Gasteiger partial charge in [0.2, 0.25) is 0 Å². The van der Waals surface area contributed by atoms with Crippen molar-refractivity contribution in [2.75, 3.05) is 0 Å². The molecule has 0 aliphatic heterocycles. The summed E-state index contributed by atoms with van der Waals surface area (Å²) in [6.07, 6.45) is 0. The van der Waals surface area contributed by atoms with E-state index in [1.807, 2.05) is 0 Å². The second-order valence-electron chi connectivity index (χ2n) is 2.43. The van der Waals surface area contributed by atoms with Crippen LogP contribution < -0.4 is 0 Å². The van der Waals surface area contributed by atoms with Crippen LogP contribution in [0.15, 0.2) is 28.0 Å². The number of hydrogen-bond donors (Lipinski definition) is 1. The summed E-state index contributed by atoms with van der Waals surface area (Å²) in [6, 6.07) is 4.52. The predicted octanol–water partition coefficient (Wildman–Crippen LogP) is 1.80. The lowest BCUT2D eigenvalue weighted by molar-refractivity contribution is 0.481. The second kappa shape index (κ2) is 3.01. The molecule has 0 bridgehead atoms. The molecule has 0 aliphatic carbocycles. The normalized spacial score (nSPS) is 11.5. The summed E-state index contributed by atoms with van der Waals surface area (Å²) in [5.41, 5.74) is 0.747. The summed E-state index contributed by atoms with van der Waals surface area (Å²) in [4.78, 5) is -0.0550. The van der Waals surface area contributed by atoms with E-state index in [0.29, 0.717) is 0 Å². The SMILES string of the molecule is Cc1ccc([S])c(S(=O)(=O)O)c1. The molecule has 0 saturated carbocycles. The Kier molecular flexibility index (Phi) is 2.36. The summed E-state index contributed by atoms with van der Waals surface area (Å²) in [6.45, 7) is 1.73. The Hall–Kier alpha value is -0.650. The van der Waals surface area contributed by atoms with E-state index in [2.05, 4.69) is 0 Å². The lowest BCUT2D eigenvalue weighted by Crippen LogP contribution is -1.99. The lowest BCUT2D eigenvalue weighted by atomic mass is 10.2. The maximum atomic E-state index is 10.7. The van der Waals surface area contributed by atoms with Crippen LogP contribution in [0.4, 0.5) is 0 Å². The predicted molar refractivity (Wildman–Crippen MR) is 46.9 cm³/mol. The Morgan fingerprint density at radius 1 is 1.42 bits per heavy atom. The average molecular weight is 203 g/mol. The van der Waals surface area contributed by atoms with Crippen molar-refractivity contribution in [1.82, 2.24) is 0 Å². The molecule has 1 radical (unpaired) electrons. The minimum Gasteiger partial charge on any atom is -0.282 e. The Balaban J connectivity index is 3.43. The van der Waals surface area contributed by atoms with Gasteiger partial charge in [0.1, 0.15) is 4.90 Å². The van der Waals surface area contributed by atoms with Gasteiger partial charge in [-0.3, -0.25) is 4.55 Å². The largest absolute Gasteiger partial charge is 0.295 e. The molecule has 0 saturated heterocycles. The summed E-state index contributed by atoms with van der Waals surface area (Å²) in [5.74, 6) is 0. The third-order valence-electron chi connectivity index (χ3n) is 1.38. The Labute approximate surface area is 76.6 Å². The van der Waals surface area contributed by atoms with Crippen LogP contribution in [0.5, 0.6) is 0 Å². The van der Waals surface area contributed by atoms with Crippen LogP contribution in [-0.4, -0.2) is 13.0 Å². The molecule has 0 unspecified atom stereocenters. The highest BCUT2D eigenvalue weighted by Gasteiger charge is 2.13. The van der Waals surface area contributed by atoms with E-state index in [0.717, 1.165) is 5.56 Å². The van der Waals surface area contributed by atoms with Crippen molar-refractivity contribution in [2.45, 2.75) is 16.7 Å². The van der Waals surface area contributed by atoms with Gasteiger partial charge >= 0.3 is 0 Å². The minimum absolute atomic E-state index is 0.142. The van der Waals surface area contributed by atoms with Crippen LogP contribution in [0.3, 0.4) is 0 Å². The molecular formula is C7H7O3S2. The van der Waals surface area contributed by atoms with Crippen LogP contribution in [0.25, 0.3) is 0 Å². The second-order valence-corrected chi connectivity index (χ2v) is 4.26. The van der Waals surface area contributed by atoms with Crippen LogP contribution in [0, 0.1) is 6.92 Å². The van der Waals surface area contributed by atoms with Gasteiger partial charge in [0.15, 0.2) is 0 Å². The average Bonchev–Trinajstić information content (AvgIpc) is 1.92. The van der Waals surface area contributed by atoms with Crippen molar-refractivity contribution >= 4 is 22.7 Å². The molecule has 0 heterocycles. The number of aryl methyl sites for hydroxylation is 1. The fourth-order valence-corrected chi connectivity index (χ4v) is 1.92. The van der Waals surface area contributed by atoms with Crippen LogP contribution in [-0.2, 0) is 10.1 Å². The highest BCUT2D eigenvalue weighted by atomic mass is 32.2. The first-order valence-corrected chi connectivity index (χ1v) is 5.01. The van der Waals surface area contributed by atoms with Crippen molar-refractivity contribution in [3.63, 3.8) is 0 Å². The van der Waals surface area contributed by atoms with E-state index in [4.69, 9.17) is 17.2 Å². The van der Waals surface area contributed by atoms with Crippen molar-refractivity contribution in [3.05, 3.63) is 23.8 Å². The van der Waals surface area contributed by atoms with Crippen LogP contribution in [0.2, 0.25) is 0 Å². The molecule has 0 aliphatic rings. The molecule has 0 aromatic heterocycles. The fraction of sp³-hybridized carbons (Fsp3) is 0.143. The Bertz CT molecular complexity index is 395. The van der Waals surface area contributed by atoms with E-state index in [-0.39, 0.29) is 9.79 Å². The van der Waals surface area contributed by atoms with Crippen molar-refractivity contribution in [2.24, 2.45) is 0 Å². The molecule has 5 heteroatoms. The van der Waals surface area contributed by atoms with Gasteiger partial charge in [-0.2, -0.15) is 8.42 Å². The lowest BCUT2D eigenvalue weighted by Gasteiger charge is -2.00. The topological polar surface area (TPSA) is 54.4 Å². The fourth-order valence-electron chi connectivity index (χ4n) is 0.817. The molecule has 65 valence electrons.